The summed E-state index contributed by atoms with van der Waals surface area (Å²) in [5.41, 5.74) is 0. The molecule has 0 spiro atoms. The maximum Gasteiger partial charge on any atom is 0.407 e. The molecular weight excluding hydrogens is 274 g/mol. The van der Waals surface area contributed by atoms with Gasteiger partial charge in [0.25, 0.3) is 0 Å². The number of hydrogen-bond donors (Lipinski definition) is 2. The fourth-order valence-corrected chi connectivity index (χ4v) is 3.22. The van der Waals surface area contributed by atoms with Crippen LogP contribution in [0.25, 0.3) is 0 Å². The first kappa shape index (κ1) is 15.6. The molecule has 7 nitrogen and oxygen atoms in total. The molecule has 0 aromatic heterocycles. The van der Waals surface area contributed by atoms with Crippen molar-refractivity contribution in [3.8, 4) is 0 Å². The van der Waals surface area contributed by atoms with E-state index >= 15 is 0 Å². The molecule has 1 heterocycles. The van der Waals surface area contributed by atoms with Gasteiger partial charge in [-0.05, 0) is 32.1 Å². The number of rotatable bonds is 3. The van der Waals surface area contributed by atoms with Gasteiger partial charge in [0.05, 0.1) is 7.11 Å². The van der Waals surface area contributed by atoms with Crippen LogP contribution in [0.2, 0.25) is 0 Å². The van der Waals surface area contributed by atoms with E-state index in [0.29, 0.717) is 13.0 Å². The van der Waals surface area contributed by atoms with E-state index in [4.69, 9.17) is 0 Å². The van der Waals surface area contributed by atoms with Crippen molar-refractivity contribution < 1.29 is 19.1 Å². The Balaban J connectivity index is 1.83. The Kier molecular flexibility index (Phi) is 5.03. The van der Waals surface area contributed by atoms with Gasteiger partial charge in [0, 0.05) is 25.6 Å². The highest BCUT2D eigenvalue weighted by Gasteiger charge is 2.38. The van der Waals surface area contributed by atoms with Gasteiger partial charge in [-0.2, -0.15) is 0 Å². The predicted octanol–water partition coefficient (Wildman–Crippen LogP) is 0.391. The van der Waals surface area contributed by atoms with Crippen molar-refractivity contribution in [2.45, 2.75) is 57.2 Å². The molecule has 1 aliphatic heterocycles. The van der Waals surface area contributed by atoms with Gasteiger partial charge >= 0.3 is 6.09 Å². The van der Waals surface area contributed by atoms with Crippen LogP contribution in [-0.2, 0) is 14.3 Å². The third-order valence-corrected chi connectivity index (χ3v) is 4.26. The molecule has 0 radical (unpaired) electrons. The number of methoxy groups -OCH3 is 1. The highest BCUT2D eigenvalue weighted by Crippen LogP contribution is 2.27. The zero-order valence-electron chi connectivity index (χ0n) is 12.6. The standard InChI is InChI=1S/C14H23N3O4/c1-9(18)15-10-3-5-11(6-4-10)17-8-7-12(13(17)19)16-14(20)21-2/h10-12H,3-8H2,1-2H3,(H,15,18)(H,16,20)/t10?,11?,12-/m1/s1. The zero-order chi connectivity index (χ0) is 15.4. The number of hydrogen-bond acceptors (Lipinski definition) is 4. The van der Waals surface area contributed by atoms with Crippen LogP contribution >= 0.6 is 0 Å². The SMILES string of the molecule is COC(=O)N[C@@H]1CCN(C2CCC(NC(C)=O)CC2)C1=O. The Morgan fingerprint density at radius 2 is 1.81 bits per heavy atom. The summed E-state index contributed by atoms with van der Waals surface area (Å²) in [7, 11) is 1.29. The summed E-state index contributed by atoms with van der Waals surface area (Å²) >= 11 is 0. The Labute approximate surface area is 124 Å². The first-order valence-corrected chi connectivity index (χ1v) is 7.43. The maximum atomic E-state index is 12.3. The molecule has 0 aromatic carbocycles. The van der Waals surface area contributed by atoms with Crippen molar-refractivity contribution in [2.75, 3.05) is 13.7 Å². The molecule has 118 valence electrons. The van der Waals surface area contributed by atoms with Crippen LogP contribution in [-0.4, -0.2) is 54.6 Å². The van der Waals surface area contributed by atoms with Crippen LogP contribution in [0.5, 0.6) is 0 Å². The molecule has 1 aliphatic carbocycles. The number of carbonyl (C=O) groups excluding carboxylic acids is 3. The lowest BCUT2D eigenvalue weighted by Crippen LogP contribution is -2.47. The summed E-state index contributed by atoms with van der Waals surface area (Å²) in [4.78, 5) is 36.4. The van der Waals surface area contributed by atoms with Crippen LogP contribution in [0.1, 0.15) is 39.0 Å². The molecule has 2 aliphatic rings. The van der Waals surface area contributed by atoms with Crippen molar-refractivity contribution in [2.24, 2.45) is 0 Å². The average molecular weight is 297 g/mol. The first-order valence-electron chi connectivity index (χ1n) is 7.43. The topological polar surface area (TPSA) is 87.7 Å². The molecule has 0 aromatic rings. The van der Waals surface area contributed by atoms with Gasteiger partial charge in [-0.1, -0.05) is 0 Å². The normalized spacial score (nSPS) is 29.1. The number of likely N-dealkylation sites (tertiary alicyclic amines) is 1. The van der Waals surface area contributed by atoms with Crippen LogP contribution in [0.3, 0.4) is 0 Å². The second kappa shape index (κ2) is 6.78. The van der Waals surface area contributed by atoms with Crippen LogP contribution in [0, 0.1) is 0 Å². The van der Waals surface area contributed by atoms with Crippen LogP contribution in [0.15, 0.2) is 0 Å². The highest BCUT2D eigenvalue weighted by atomic mass is 16.5. The van der Waals surface area contributed by atoms with Crippen LogP contribution in [0.4, 0.5) is 4.79 Å². The fraction of sp³-hybridized carbons (Fsp3) is 0.786. The zero-order valence-corrected chi connectivity index (χ0v) is 12.6. The summed E-state index contributed by atoms with van der Waals surface area (Å²) in [6.45, 7) is 2.20. The molecular formula is C14H23N3O4. The molecule has 2 N–H and O–H groups in total. The minimum atomic E-state index is -0.565. The van der Waals surface area contributed by atoms with Crippen molar-refractivity contribution in [1.29, 1.82) is 0 Å². The summed E-state index contributed by atoms with van der Waals surface area (Å²) < 4.78 is 4.53. The molecule has 2 fully saturated rings. The van der Waals surface area contributed by atoms with E-state index in [1.165, 1.54) is 14.0 Å². The van der Waals surface area contributed by atoms with E-state index in [1.807, 2.05) is 4.90 Å². The summed E-state index contributed by atoms with van der Waals surface area (Å²) in [5.74, 6) is -0.0265. The number of alkyl carbamates (subject to hydrolysis) is 1. The molecule has 1 saturated carbocycles. The van der Waals surface area contributed by atoms with Crippen molar-refractivity contribution in [3.63, 3.8) is 0 Å². The quantitative estimate of drug-likeness (QED) is 0.789. The Hall–Kier alpha value is -1.79. The smallest absolute Gasteiger partial charge is 0.407 e. The van der Waals surface area contributed by atoms with Gasteiger partial charge in [0.15, 0.2) is 0 Å². The van der Waals surface area contributed by atoms with E-state index in [9.17, 15) is 14.4 Å². The Morgan fingerprint density at radius 3 is 2.38 bits per heavy atom. The molecule has 21 heavy (non-hydrogen) atoms. The second-order valence-electron chi connectivity index (χ2n) is 5.71. The number of nitrogens with zero attached hydrogens (tertiary/aromatic N) is 1. The van der Waals surface area contributed by atoms with E-state index in [2.05, 4.69) is 15.4 Å². The third kappa shape index (κ3) is 3.86. The lowest BCUT2D eigenvalue weighted by atomic mass is 9.90. The maximum absolute atomic E-state index is 12.3. The monoisotopic (exact) mass is 297 g/mol. The van der Waals surface area contributed by atoms with Gasteiger partial charge in [-0.3, -0.25) is 9.59 Å². The van der Waals surface area contributed by atoms with Crippen molar-refractivity contribution >= 4 is 17.9 Å². The minimum Gasteiger partial charge on any atom is -0.453 e. The van der Waals surface area contributed by atoms with Crippen molar-refractivity contribution in [1.82, 2.24) is 15.5 Å². The van der Waals surface area contributed by atoms with Gasteiger partial charge in [-0.25, -0.2) is 4.79 Å². The van der Waals surface area contributed by atoms with E-state index in [-0.39, 0.29) is 23.9 Å². The van der Waals surface area contributed by atoms with Gasteiger partial charge in [0.1, 0.15) is 6.04 Å². The lowest BCUT2D eigenvalue weighted by Gasteiger charge is -2.34. The average Bonchev–Trinajstić information content (AvgIpc) is 2.80. The Morgan fingerprint density at radius 1 is 1.14 bits per heavy atom. The van der Waals surface area contributed by atoms with Crippen LogP contribution < -0.4 is 10.6 Å². The lowest BCUT2D eigenvalue weighted by molar-refractivity contribution is -0.132. The summed E-state index contributed by atoms with van der Waals surface area (Å²) in [6.07, 6.45) is 3.62. The van der Waals surface area contributed by atoms with Gasteiger partial charge in [0.2, 0.25) is 11.8 Å². The highest BCUT2D eigenvalue weighted by molar-refractivity contribution is 5.87. The molecule has 1 saturated heterocycles. The predicted molar refractivity (Wildman–Crippen MR) is 75.5 cm³/mol. The first-order chi connectivity index (χ1) is 10.0. The van der Waals surface area contributed by atoms with Crippen molar-refractivity contribution in [3.05, 3.63) is 0 Å². The summed E-state index contributed by atoms with van der Waals surface area (Å²) in [5, 5.41) is 5.50. The number of ether oxygens (including phenoxy) is 1. The summed E-state index contributed by atoms with van der Waals surface area (Å²) in [6, 6.07) is -0.0297. The molecule has 3 amide bonds. The van der Waals surface area contributed by atoms with Gasteiger partial charge < -0.3 is 20.3 Å². The van der Waals surface area contributed by atoms with Gasteiger partial charge in [-0.15, -0.1) is 0 Å². The van der Waals surface area contributed by atoms with E-state index in [0.717, 1.165) is 25.7 Å². The largest absolute Gasteiger partial charge is 0.453 e. The number of carbonyl (C=O) groups is 3. The fourth-order valence-electron chi connectivity index (χ4n) is 3.22. The number of amides is 3. The molecule has 2 rings (SSSR count). The van der Waals surface area contributed by atoms with E-state index < -0.39 is 12.1 Å². The second-order valence-corrected chi connectivity index (χ2v) is 5.71. The molecule has 0 bridgehead atoms. The Bertz CT molecular complexity index is 418. The molecule has 7 heteroatoms. The third-order valence-electron chi connectivity index (χ3n) is 4.26. The molecule has 0 unspecified atom stereocenters. The minimum absolute atomic E-state index is 0.00181. The number of nitrogens with one attached hydrogen (secondary N) is 2. The van der Waals surface area contributed by atoms with E-state index in [1.54, 1.807) is 0 Å². The molecule has 1 atom stereocenters.